The number of nitrogens with zero attached hydrogens (tertiary/aromatic N) is 2. The molecule has 0 saturated carbocycles. The molecule has 2 saturated heterocycles. The highest BCUT2D eigenvalue weighted by atomic mass is 127. The van der Waals surface area contributed by atoms with Gasteiger partial charge in [0.2, 0.25) is 0 Å². The number of piperazine rings is 1. The smallest absolute Gasteiger partial charge is 0.0234 e. The molecule has 0 aromatic heterocycles. The molecule has 3 nitrogen and oxygen atoms in total. The minimum Gasteiger partial charge on any atom is -0.315 e. The Kier molecular flexibility index (Phi) is 6.55. The monoisotopic (exact) mass is 407 g/mol. The molecule has 0 aliphatic carbocycles. The van der Waals surface area contributed by atoms with Crippen molar-refractivity contribution in [3.63, 3.8) is 0 Å². The van der Waals surface area contributed by atoms with E-state index in [9.17, 15) is 0 Å². The predicted octanol–water partition coefficient (Wildman–Crippen LogP) is 2.19. The van der Waals surface area contributed by atoms with Crippen LogP contribution < -0.4 is 5.32 Å². The normalized spacial score (nSPS) is 24.6. The second-order valence-corrected chi connectivity index (χ2v) is 6.83. The Balaban J connectivity index is 0.00000147. The lowest BCUT2D eigenvalue weighted by molar-refractivity contribution is 0.0981. The van der Waals surface area contributed by atoms with E-state index < -0.39 is 0 Å². The molecular weight excluding hydrogens is 385 g/mol. The Morgan fingerprint density at radius 2 is 1.80 bits per heavy atom. The van der Waals surface area contributed by atoms with Gasteiger partial charge in [-0.05, 0) is 53.3 Å². The molecule has 5 heteroatoms. The van der Waals surface area contributed by atoms with E-state index in [2.05, 4.69) is 62.0 Å². The molecule has 1 aromatic carbocycles. The second kappa shape index (κ2) is 7.94. The summed E-state index contributed by atoms with van der Waals surface area (Å²) in [6, 6.07) is 9.72. The van der Waals surface area contributed by atoms with E-state index in [1.165, 1.54) is 54.8 Å². The fraction of sp³-hybridized carbons (Fsp3) is 0.600. The van der Waals surface area contributed by atoms with Crippen molar-refractivity contribution in [2.45, 2.75) is 19.0 Å². The molecule has 0 spiro atoms. The summed E-state index contributed by atoms with van der Waals surface area (Å²) in [5.74, 6) is 0. The summed E-state index contributed by atoms with van der Waals surface area (Å²) in [4.78, 5) is 5.26. The molecule has 0 radical (unpaired) electrons. The number of benzene rings is 1. The Labute approximate surface area is 141 Å². The van der Waals surface area contributed by atoms with Crippen molar-refractivity contribution < 1.29 is 0 Å². The lowest BCUT2D eigenvalue weighted by atomic mass is 10.1. The van der Waals surface area contributed by atoms with Crippen LogP contribution >= 0.6 is 35.0 Å². The van der Waals surface area contributed by atoms with Crippen molar-refractivity contribution in [3.05, 3.63) is 33.4 Å². The van der Waals surface area contributed by atoms with Gasteiger partial charge in [-0.1, -0.05) is 12.1 Å². The number of hydrogen-bond donors (Lipinski definition) is 1. The van der Waals surface area contributed by atoms with Crippen molar-refractivity contribution in [2.75, 3.05) is 39.3 Å². The number of nitrogens with one attached hydrogen (secondary N) is 1. The highest BCUT2D eigenvalue weighted by molar-refractivity contribution is 14.1. The van der Waals surface area contributed by atoms with Gasteiger partial charge in [-0.3, -0.25) is 9.80 Å². The van der Waals surface area contributed by atoms with Crippen molar-refractivity contribution in [1.82, 2.24) is 15.1 Å². The third kappa shape index (κ3) is 4.31. The predicted molar refractivity (Wildman–Crippen MR) is 94.5 cm³/mol. The molecule has 2 heterocycles. The van der Waals surface area contributed by atoms with Gasteiger partial charge in [-0.2, -0.15) is 0 Å². The largest absolute Gasteiger partial charge is 0.315 e. The second-order valence-electron chi connectivity index (χ2n) is 5.59. The number of rotatable bonds is 3. The molecular formula is C15H23ClIN3. The zero-order valence-electron chi connectivity index (χ0n) is 11.7. The van der Waals surface area contributed by atoms with Gasteiger partial charge in [-0.15, -0.1) is 12.4 Å². The van der Waals surface area contributed by atoms with E-state index in [-0.39, 0.29) is 12.4 Å². The van der Waals surface area contributed by atoms with Gasteiger partial charge < -0.3 is 5.32 Å². The van der Waals surface area contributed by atoms with Crippen molar-refractivity contribution in [3.8, 4) is 0 Å². The van der Waals surface area contributed by atoms with Crippen molar-refractivity contribution >= 4 is 35.0 Å². The van der Waals surface area contributed by atoms with Gasteiger partial charge in [0.15, 0.2) is 0 Å². The van der Waals surface area contributed by atoms with Crippen molar-refractivity contribution in [1.29, 1.82) is 0 Å². The first-order valence-corrected chi connectivity index (χ1v) is 8.31. The molecule has 20 heavy (non-hydrogen) atoms. The lowest BCUT2D eigenvalue weighted by Crippen LogP contribution is -2.50. The van der Waals surface area contributed by atoms with E-state index in [0.29, 0.717) is 0 Å². The molecule has 112 valence electrons. The lowest BCUT2D eigenvalue weighted by Gasteiger charge is -2.37. The zero-order chi connectivity index (χ0) is 13.1. The van der Waals surface area contributed by atoms with Crippen LogP contribution in [0, 0.1) is 3.57 Å². The summed E-state index contributed by atoms with van der Waals surface area (Å²) in [5, 5.41) is 3.47. The Morgan fingerprint density at radius 1 is 1.10 bits per heavy atom. The molecule has 2 aliphatic heterocycles. The first-order chi connectivity index (χ1) is 9.31. The Bertz CT molecular complexity index is 398. The number of halogens is 2. The molecule has 3 rings (SSSR count). The van der Waals surface area contributed by atoms with Crippen LogP contribution in [0.15, 0.2) is 24.3 Å². The van der Waals surface area contributed by atoms with Crippen LogP contribution in [0.5, 0.6) is 0 Å². The van der Waals surface area contributed by atoms with E-state index in [1.807, 2.05) is 0 Å². The molecule has 1 unspecified atom stereocenters. The summed E-state index contributed by atoms with van der Waals surface area (Å²) < 4.78 is 1.32. The van der Waals surface area contributed by atoms with Gasteiger partial charge in [0.25, 0.3) is 0 Å². The average Bonchev–Trinajstić information content (AvgIpc) is 2.96. The van der Waals surface area contributed by atoms with Gasteiger partial charge >= 0.3 is 0 Å². The van der Waals surface area contributed by atoms with E-state index >= 15 is 0 Å². The highest BCUT2D eigenvalue weighted by Crippen LogP contribution is 2.14. The van der Waals surface area contributed by atoms with Crippen LogP contribution in [-0.4, -0.2) is 55.1 Å². The maximum absolute atomic E-state index is 3.47. The maximum Gasteiger partial charge on any atom is 0.0234 e. The van der Waals surface area contributed by atoms with Crippen LogP contribution in [-0.2, 0) is 6.54 Å². The van der Waals surface area contributed by atoms with Crippen LogP contribution in [0.1, 0.15) is 12.0 Å². The molecule has 2 fully saturated rings. The van der Waals surface area contributed by atoms with Gasteiger partial charge in [0, 0.05) is 48.9 Å². The van der Waals surface area contributed by atoms with Gasteiger partial charge in [-0.25, -0.2) is 0 Å². The Hall–Kier alpha value is 0.120. The minimum atomic E-state index is 0. The fourth-order valence-electron chi connectivity index (χ4n) is 3.09. The maximum atomic E-state index is 3.47. The third-order valence-electron chi connectivity index (χ3n) is 4.28. The summed E-state index contributed by atoms with van der Waals surface area (Å²) in [5.41, 5.74) is 1.44. The van der Waals surface area contributed by atoms with Crippen LogP contribution in [0.3, 0.4) is 0 Å². The first kappa shape index (κ1) is 16.5. The van der Waals surface area contributed by atoms with E-state index in [0.717, 1.165) is 12.6 Å². The summed E-state index contributed by atoms with van der Waals surface area (Å²) >= 11 is 2.37. The molecule has 2 aliphatic rings. The third-order valence-corrected chi connectivity index (χ3v) is 5.00. The number of hydrogen-bond acceptors (Lipinski definition) is 3. The minimum absolute atomic E-state index is 0. The summed E-state index contributed by atoms with van der Waals surface area (Å²) in [7, 11) is 0. The molecule has 1 N–H and O–H groups in total. The average molecular weight is 408 g/mol. The topological polar surface area (TPSA) is 18.5 Å². The fourth-order valence-corrected chi connectivity index (χ4v) is 3.45. The van der Waals surface area contributed by atoms with E-state index in [1.54, 1.807) is 0 Å². The van der Waals surface area contributed by atoms with Crippen LogP contribution in [0.25, 0.3) is 0 Å². The summed E-state index contributed by atoms with van der Waals surface area (Å²) in [6.07, 6.45) is 1.33. The van der Waals surface area contributed by atoms with E-state index in [4.69, 9.17) is 0 Å². The molecule has 1 aromatic rings. The highest BCUT2D eigenvalue weighted by Gasteiger charge is 2.25. The standard InChI is InChI=1S/C15H22IN3.ClH/c16-14-3-1-13(2-4-14)12-18-7-9-19(10-8-18)15-5-6-17-11-15;/h1-4,15,17H,5-12H2;1H. The van der Waals surface area contributed by atoms with Crippen LogP contribution in [0.2, 0.25) is 0 Å². The Morgan fingerprint density at radius 3 is 2.40 bits per heavy atom. The van der Waals surface area contributed by atoms with Crippen molar-refractivity contribution in [2.24, 2.45) is 0 Å². The first-order valence-electron chi connectivity index (χ1n) is 7.23. The van der Waals surface area contributed by atoms with Crippen LogP contribution in [0.4, 0.5) is 0 Å². The zero-order valence-corrected chi connectivity index (χ0v) is 14.7. The SMILES string of the molecule is Cl.Ic1ccc(CN2CCN(C3CCNC3)CC2)cc1. The quantitative estimate of drug-likeness (QED) is 0.775. The van der Waals surface area contributed by atoms with Gasteiger partial charge in [0.1, 0.15) is 0 Å². The molecule has 0 amide bonds. The molecule has 0 bridgehead atoms. The van der Waals surface area contributed by atoms with Gasteiger partial charge in [0.05, 0.1) is 0 Å². The summed E-state index contributed by atoms with van der Waals surface area (Å²) in [6.45, 7) is 8.39. The molecule has 1 atom stereocenters.